The number of morpholine rings is 1. The van der Waals surface area contributed by atoms with Crippen molar-refractivity contribution in [3.05, 3.63) is 81.9 Å². The Bertz CT molecular complexity index is 1430. The van der Waals surface area contributed by atoms with E-state index in [1.807, 2.05) is 21.9 Å². The Kier molecular flexibility index (Phi) is 8.72. The van der Waals surface area contributed by atoms with Crippen molar-refractivity contribution in [3.8, 4) is 11.5 Å². The fourth-order valence-corrected chi connectivity index (χ4v) is 5.13. The Hall–Kier alpha value is -4.84. The van der Waals surface area contributed by atoms with Crippen LogP contribution in [0.3, 0.4) is 0 Å². The van der Waals surface area contributed by atoms with Crippen LogP contribution in [0.5, 0.6) is 11.5 Å². The maximum Gasteiger partial charge on any atom is 0.270 e. The lowest BCUT2D eigenvalue weighted by molar-refractivity contribution is -0.384. The monoisotopic (exact) mass is 575 g/mol. The van der Waals surface area contributed by atoms with Crippen molar-refractivity contribution in [1.82, 2.24) is 4.90 Å². The molecule has 0 radical (unpaired) electrons. The van der Waals surface area contributed by atoms with E-state index in [9.17, 15) is 19.7 Å². The number of hydrogen-bond acceptors (Lipinski definition) is 9. The Balaban J connectivity index is 1.23. The Morgan fingerprint density at radius 2 is 1.48 bits per heavy atom. The molecule has 2 heterocycles. The zero-order valence-electron chi connectivity index (χ0n) is 23.6. The molecule has 220 valence electrons. The number of rotatable bonds is 8. The Morgan fingerprint density at radius 1 is 0.833 bits per heavy atom. The summed E-state index contributed by atoms with van der Waals surface area (Å²) in [7, 11) is 3.10. The molecule has 3 aromatic rings. The summed E-state index contributed by atoms with van der Waals surface area (Å²) in [6.07, 6.45) is 0. The van der Waals surface area contributed by atoms with E-state index in [1.54, 1.807) is 50.6 Å². The first-order chi connectivity index (χ1) is 20.4. The molecule has 0 spiro atoms. The number of hydrogen-bond donors (Lipinski definition) is 1. The van der Waals surface area contributed by atoms with Crippen molar-refractivity contribution < 1.29 is 28.7 Å². The van der Waals surface area contributed by atoms with Gasteiger partial charge in [-0.2, -0.15) is 0 Å². The second-order valence-electron chi connectivity index (χ2n) is 9.94. The first-order valence-electron chi connectivity index (χ1n) is 13.7. The van der Waals surface area contributed by atoms with E-state index in [0.717, 1.165) is 5.69 Å². The number of non-ortho nitro benzene ring substituents is 1. The zero-order chi connectivity index (χ0) is 29.6. The van der Waals surface area contributed by atoms with E-state index in [-0.39, 0.29) is 17.2 Å². The van der Waals surface area contributed by atoms with Crippen LogP contribution in [0.25, 0.3) is 0 Å². The number of benzene rings is 3. The first kappa shape index (κ1) is 28.7. The SMILES string of the molecule is COc1cc(OC)cc(C(=O)N2CCN(c3ccc(NC(=O)c4cc([N+](=O)[O-])ccc4N4CCOCC4)cc3)CC2)c1. The van der Waals surface area contributed by atoms with E-state index in [1.165, 1.54) is 12.1 Å². The van der Waals surface area contributed by atoms with Crippen LogP contribution in [-0.4, -0.2) is 88.3 Å². The van der Waals surface area contributed by atoms with Gasteiger partial charge in [-0.25, -0.2) is 0 Å². The maximum absolute atomic E-state index is 13.3. The maximum atomic E-state index is 13.3. The molecule has 5 rings (SSSR count). The van der Waals surface area contributed by atoms with Crippen LogP contribution in [0.4, 0.5) is 22.7 Å². The summed E-state index contributed by atoms with van der Waals surface area (Å²) in [5, 5.41) is 14.3. The lowest BCUT2D eigenvalue weighted by Gasteiger charge is -2.36. The van der Waals surface area contributed by atoms with Gasteiger partial charge in [0.2, 0.25) is 0 Å². The highest BCUT2D eigenvalue weighted by molar-refractivity contribution is 6.08. The van der Waals surface area contributed by atoms with Crippen LogP contribution in [0.15, 0.2) is 60.7 Å². The number of nitro benzene ring substituents is 1. The van der Waals surface area contributed by atoms with Gasteiger partial charge < -0.3 is 34.2 Å². The van der Waals surface area contributed by atoms with Crippen LogP contribution < -0.4 is 24.6 Å². The summed E-state index contributed by atoms with van der Waals surface area (Å²) < 4.78 is 16.0. The van der Waals surface area contributed by atoms with Gasteiger partial charge in [0.1, 0.15) is 11.5 Å². The molecule has 0 bridgehead atoms. The molecule has 3 aromatic carbocycles. The molecule has 2 amide bonds. The fraction of sp³-hybridized carbons (Fsp3) is 0.333. The van der Waals surface area contributed by atoms with Crippen LogP contribution >= 0.6 is 0 Å². The minimum Gasteiger partial charge on any atom is -0.497 e. The minimum atomic E-state index is -0.504. The normalized spacial score (nSPS) is 15.2. The van der Waals surface area contributed by atoms with Gasteiger partial charge in [0.25, 0.3) is 17.5 Å². The lowest BCUT2D eigenvalue weighted by atomic mass is 10.1. The van der Waals surface area contributed by atoms with Gasteiger partial charge in [-0.15, -0.1) is 0 Å². The molecule has 2 aliphatic heterocycles. The number of amides is 2. The van der Waals surface area contributed by atoms with E-state index in [2.05, 4.69) is 10.2 Å². The highest BCUT2D eigenvalue weighted by atomic mass is 16.6. The summed E-state index contributed by atoms with van der Waals surface area (Å²) in [5.74, 6) is 0.620. The zero-order valence-corrected chi connectivity index (χ0v) is 23.6. The van der Waals surface area contributed by atoms with Crippen LogP contribution in [0.2, 0.25) is 0 Å². The molecule has 42 heavy (non-hydrogen) atoms. The Labute approximate surface area is 243 Å². The molecule has 2 saturated heterocycles. The molecular weight excluding hydrogens is 542 g/mol. The third-order valence-electron chi connectivity index (χ3n) is 7.44. The molecule has 12 heteroatoms. The summed E-state index contributed by atoms with van der Waals surface area (Å²) in [5.41, 5.74) is 2.79. The minimum absolute atomic E-state index is 0.0810. The van der Waals surface area contributed by atoms with Crippen molar-refractivity contribution in [2.45, 2.75) is 0 Å². The lowest BCUT2D eigenvalue weighted by Crippen LogP contribution is -2.48. The first-order valence-corrected chi connectivity index (χ1v) is 13.7. The molecule has 2 fully saturated rings. The van der Waals surface area contributed by atoms with Gasteiger partial charge in [0, 0.05) is 74.4 Å². The van der Waals surface area contributed by atoms with Crippen molar-refractivity contribution in [1.29, 1.82) is 0 Å². The summed E-state index contributed by atoms with van der Waals surface area (Å²) in [4.78, 5) is 43.3. The average Bonchev–Trinajstić information content (AvgIpc) is 3.04. The largest absolute Gasteiger partial charge is 0.497 e. The molecule has 0 aliphatic carbocycles. The molecule has 1 N–H and O–H groups in total. The molecule has 0 unspecified atom stereocenters. The summed E-state index contributed by atoms with van der Waals surface area (Å²) in [6.45, 7) is 4.64. The standard InChI is InChI=1S/C30H33N5O7/c1-40-25-17-21(18-26(20-25)41-2)30(37)34-11-9-32(10-12-34)23-5-3-22(4-6-23)31-29(36)27-19-24(35(38)39)7-8-28(27)33-13-15-42-16-14-33/h3-8,17-20H,9-16H2,1-2H3,(H,31,36). The van der Waals surface area contributed by atoms with Crippen molar-refractivity contribution >= 4 is 34.6 Å². The van der Waals surface area contributed by atoms with Gasteiger partial charge in [-0.05, 0) is 42.5 Å². The third-order valence-corrected chi connectivity index (χ3v) is 7.44. The fourth-order valence-electron chi connectivity index (χ4n) is 5.13. The van der Waals surface area contributed by atoms with E-state index in [4.69, 9.17) is 14.2 Å². The molecule has 12 nitrogen and oxygen atoms in total. The predicted octanol–water partition coefficient (Wildman–Crippen LogP) is 3.66. The van der Waals surface area contributed by atoms with E-state index >= 15 is 0 Å². The summed E-state index contributed by atoms with van der Waals surface area (Å²) >= 11 is 0. The highest BCUT2D eigenvalue weighted by Gasteiger charge is 2.25. The number of carbonyl (C=O) groups is 2. The number of nitrogens with one attached hydrogen (secondary N) is 1. The number of piperazine rings is 1. The van der Waals surface area contributed by atoms with Gasteiger partial charge in [-0.3, -0.25) is 19.7 Å². The van der Waals surface area contributed by atoms with Crippen LogP contribution in [-0.2, 0) is 4.74 Å². The number of ether oxygens (including phenoxy) is 3. The molecule has 2 aliphatic rings. The topological polar surface area (TPSA) is 127 Å². The van der Waals surface area contributed by atoms with Gasteiger partial charge in [0.05, 0.1) is 43.6 Å². The number of nitro groups is 1. The second kappa shape index (κ2) is 12.8. The van der Waals surface area contributed by atoms with Gasteiger partial charge in [-0.1, -0.05) is 0 Å². The van der Waals surface area contributed by atoms with E-state index in [0.29, 0.717) is 80.9 Å². The Morgan fingerprint density at radius 3 is 2.07 bits per heavy atom. The average molecular weight is 576 g/mol. The summed E-state index contributed by atoms with van der Waals surface area (Å²) in [6, 6.07) is 16.9. The third kappa shape index (κ3) is 6.39. The van der Waals surface area contributed by atoms with E-state index < -0.39 is 10.8 Å². The quantitative estimate of drug-likeness (QED) is 0.316. The van der Waals surface area contributed by atoms with Crippen molar-refractivity contribution in [3.63, 3.8) is 0 Å². The van der Waals surface area contributed by atoms with Gasteiger partial charge >= 0.3 is 0 Å². The molecule has 0 atom stereocenters. The number of methoxy groups -OCH3 is 2. The van der Waals surface area contributed by atoms with Crippen LogP contribution in [0.1, 0.15) is 20.7 Å². The van der Waals surface area contributed by atoms with Gasteiger partial charge in [0.15, 0.2) is 0 Å². The number of anilines is 3. The number of nitrogens with zero attached hydrogens (tertiary/aromatic N) is 4. The molecule has 0 saturated carbocycles. The highest BCUT2D eigenvalue weighted by Crippen LogP contribution is 2.28. The second-order valence-corrected chi connectivity index (χ2v) is 9.94. The molecule has 0 aromatic heterocycles. The number of carbonyl (C=O) groups excluding carboxylic acids is 2. The van der Waals surface area contributed by atoms with Crippen molar-refractivity contribution in [2.75, 3.05) is 81.8 Å². The van der Waals surface area contributed by atoms with Crippen molar-refractivity contribution in [2.24, 2.45) is 0 Å². The van der Waals surface area contributed by atoms with Crippen LogP contribution in [0, 0.1) is 10.1 Å². The smallest absolute Gasteiger partial charge is 0.270 e. The predicted molar refractivity (Wildman–Crippen MR) is 158 cm³/mol. The molecular formula is C30H33N5O7.